The maximum absolute atomic E-state index is 12.9. The summed E-state index contributed by atoms with van der Waals surface area (Å²) in [6.45, 7) is 7.44. The van der Waals surface area contributed by atoms with Crippen LogP contribution in [0.5, 0.6) is 0 Å². The monoisotopic (exact) mass is 304 g/mol. The summed E-state index contributed by atoms with van der Waals surface area (Å²) < 4.78 is 0. The predicted molar refractivity (Wildman–Crippen MR) is 90.0 cm³/mol. The Kier molecular flexibility index (Phi) is 5.98. The summed E-state index contributed by atoms with van der Waals surface area (Å²) in [5, 5.41) is 9.66. The summed E-state index contributed by atoms with van der Waals surface area (Å²) in [7, 11) is 0. The zero-order chi connectivity index (χ0) is 16.1. The van der Waals surface area contributed by atoms with Crippen LogP contribution in [0.4, 0.5) is 5.69 Å². The maximum atomic E-state index is 12.9. The van der Waals surface area contributed by atoms with Crippen molar-refractivity contribution in [2.45, 2.75) is 58.2 Å². The van der Waals surface area contributed by atoms with Crippen molar-refractivity contribution in [3.05, 3.63) is 30.3 Å². The Balaban J connectivity index is 2.10. The zero-order valence-electron chi connectivity index (χ0n) is 13.9. The molecule has 22 heavy (non-hydrogen) atoms. The molecule has 3 atom stereocenters. The summed E-state index contributed by atoms with van der Waals surface area (Å²) >= 11 is 0. The highest BCUT2D eigenvalue weighted by Crippen LogP contribution is 2.25. The SMILES string of the molecule is CCN(C(=O)C(C)N1CCCC1CC(C)O)c1ccccc1. The van der Waals surface area contributed by atoms with Crippen LogP contribution in [0.3, 0.4) is 0 Å². The van der Waals surface area contributed by atoms with Gasteiger partial charge in [0.2, 0.25) is 5.91 Å². The molecule has 0 aliphatic carbocycles. The summed E-state index contributed by atoms with van der Waals surface area (Å²) in [6.07, 6.45) is 2.60. The molecule has 0 bridgehead atoms. The van der Waals surface area contributed by atoms with E-state index in [1.165, 1.54) is 0 Å². The van der Waals surface area contributed by atoms with Crippen molar-refractivity contribution < 1.29 is 9.90 Å². The Bertz CT molecular complexity index is 475. The minimum absolute atomic E-state index is 0.145. The molecule has 1 aliphatic heterocycles. The van der Waals surface area contributed by atoms with Crippen LogP contribution in [0.2, 0.25) is 0 Å². The number of benzene rings is 1. The third-order valence-corrected chi connectivity index (χ3v) is 4.54. The van der Waals surface area contributed by atoms with Crippen molar-refractivity contribution in [2.24, 2.45) is 0 Å². The van der Waals surface area contributed by atoms with Gasteiger partial charge in [-0.15, -0.1) is 0 Å². The van der Waals surface area contributed by atoms with Gasteiger partial charge in [0.1, 0.15) is 0 Å². The Morgan fingerprint density at radius 3 is 2.64 bits per heavy atom. The molecular weight excluding hydrogens is 276 g/mol. The van der Waals surface area contributed by atoms with Crippen LogP contribution < -0.4 is 4.90 Å². The molecule has 1 N–H and O–H groups in total. The summed E-state index contributed by atoms with van der Waals surface area (Å²) in [5.41, 5.74) is 0.952. The fraction of sp³-hybridized carbons (Fsp3) is 0.611. The fourth-order valence-electron chi connectivity index (χ4n) is 3.46. The molecule has 1 aliphatic rings. The Hall–Kier alpha value is -1.39. The molecule has 1 heterocycles. The van der Waals surface area contributed by atoms with Gasteiger partial charge in [-0.3, -0.25) is 9.69 Å². The largest absolute Gasteiger partial charge is 0.393 e. The number of amides is 1. The summed E-state index contributed by atoms with van der Waals surface area (Å²) in [5.74, 6) is 0.145. The van der Waals surface area contributed by atoms with Gasteiger partial charge in [-0.2, -0.15) is 0 Å². The highest BCUT2D eigenvalue weighted by atomic mass is 16.3. The van der Waals surface area contributed by atoms with E-state index in [4.69, 9.17) is 0 Å². The number of carbonyl (C=O) groups excluding carboxylic acids is 1. The molecule has 3 unspecified atom stereocenters. The van der Waals surface area contributed by atoms with Gasteiger partial charge in [0.15, 0.2) is 0 Å². The molecule has 0 radical (unpaired) electrons. The third kappa shape index (κ3) is 3.87. The molecular formula is C18H28N2O2. The Labute approximate surface area is 133 Å². The van der Waals surface area contributed by atoms with E-state index in [-0.39, 0.29) is 18.1 Å². The number of aliphatic hydroxyl groups excluding tert-OH is 1. The zero-order valence-corrected chi connectivity index (χ0v) is 13.9. The first kappa shape index (κ1) is 17.0. The smallest absolute Gasteiger partial charge is 0.244 e. The van der Waals surface area contributed by atoms with Gasteiger partial charge >= 0.3 is 0 Å². The fourth-order valence-corrected chi connectivity index (χ4v) is 3.46. The van der Waals surface area contributed by atoms with Crippen molar-refractivity contribution in [3.8, 4) is 0 Å². The molecule has 1 aromatic rings. The second kappa shape index (κ2) is 7.75. The van der Waals surface area contributed by atoms with E-state index in [2.05, 4.69) is 4.90 Å². The predicted octanol–water partition coefficient (Wildman–Crippen LogP) is 2.66. The van der Waals surface area contributed by atoms with Gasteiger partial charge in [-0.05, 0) is 58.7 Å². The maximum Gasteiger partial charge on any atom is 0.244 e. The lowest BCUT2D eigenvalue weighted by molar-refractivity contribution is -0.123. The molecule has 1 aromatic carbocycles. The van der Waals surface area contributed by atoms with Gasteiger partial charge in [0.05, 0.1) is 12.1 Å². The third-order valence-electron chi connectivity index (χ3n) is 4.54. The summed E-state index contributed by atoms with van der Waals surface area (Å²) in [6, 6.07) is 10.0. The minimum atomic E-state index is -0.315. The summed E-state index contributed by atoms with van der Waals surface area (Å²) in [4.78, 5) is 17.0. The van der Waals surface area contributed by atoms with Crippen LogP contribution in [-0.2, 0) is 4.79 Å². The van der Waals surface area contributed by atoms with E-state index in [9.17, 15) is 9.90 Å². The van der Waals surface area contributed by atoms with E-state index in [1.807, 2.05) is 56.0 Å². The van der Waals surface area contributed by atoms with Gasteiger partial charge in [-0.25, -0.2) is 0 Å². The quantitative estimate of drug-likeness (QED) is 0.879. The normalized spacial score (nSPS) is 21.5. The molecule has 4 heteroatoms. The van der Waals surface area contributed by atoms with Gasteiger partial charge in [-0.1, -0.05) is 18.2 Å². The molecule has 4 nitrogen and oxygen atoms in total. The number of rotatable bonds is 6. The first-order chi connectivity index (χ1) is 10.5. The molecule has 2 rings (SSSR count). The standard InChI is InChI=1S/C18H28N2O2/c1-4-19(16-9-6-5-7-10-16)18(22)15(3)20-12-8-11-17(20)13-14(2)21/h5-7,9-10,14-15,17,21H,4,8,11-13H2,1-3H3. The van der Waals surface area contributed by atoms with E-state index >= 15 is 0 Å². The second-order valence-electron chi connectivity index (χ2n) is 6.21. The lowest BCUT2D eigenvalue weighted by Gasteiger charge is -2.34. The molecule has 1 saturated heterocycles. The number of para-hydroxylation sites is 1. The topological polar surface area (TPSA) is 43.8 Å². The van der Waals surface area contributed by atoms with Gasteiger partial charge in [0.25, 0.3) is 0 Å². The molecule has 1 amide bonds. The minimum Gasteiger partial charge on any atom is -0.393 e. The Morgan fingerprint density at radius 2 is 2.05 bits per heavy atom. The molecule has 122 valence electrons. The average Bonchev–Trinajstić information content (AvgIpc) is 2.95. The first-order valence-electron chi connectivity index (χ1n) is 8.34. The van der Waals surface area contributed by atoms with Crippen molar-refractivity contribution in [1.82, 2.24) is 4.90 Å². The van der Waals surface area contributed by atoms with Gasteiger partial charge in [0, 0.05) is 18.3 Å². The van der Waals surface area contributed by atoms with E-state index < -0.39 is 0 Å². The van der Waals surface area contributed by atoms with Gasteiger partial charge < -0.3 is 10.0 Å². The number of likely N-dealkylation sites (tertiary alicyclic amines) is 1. The molecule has 0 saturated carbocycles. The number of aliphatic hydroxyl groups is 1. The van der Waals surface area contributed by atoms with Crippen LogP contribution in [-0.4, -0.2) is 47.2 Å². The van der Waals surface area contributed by atoms with Crippen molar-refractivity contribution >= 4 is 11.6 Å². The van der Waals surface area contributed by atoms with Crippen molar-refractivity contribution in [1.29, 1.82) is 0 Å². The van der Waals surface area contributed by atoms with E-state index in [0.29, 0.717) is 12.6 Å². The number of anilines is 1. The number of carbonyl (C=O) groups is 1. The second-order valence-corrected chi connectivity index (χ2v) is 6.21. The number of hydrogen-bond acceptors (Lipinski definition) is 3. The van der Waals surface area contributed by atoms with Crippen LogP contribution in [0, 0.1) is 0 Å². The highest BCUT2D eigenvalue weighted by Gasteiger charge is 2.34. The van der Waals surface area contributed by atoms with Crippen molar-refractivity contribution in [2.75, 3.05) is 18.0 Å². The van der Waals surface area contributed by atoms with Crippen LogP contribution >= 0.6 is 0 Å². The average molecular weight is 304 g/mol. The lowest BCUT2D eigenvalue weighted by Crippen LogP contribution is -2.49. The molecule has 0 aromatic heterocycles. The van der Waals surface area contributed by atoms with Crippen LogP contribution in [0.15, 0.2) is 30.3 Å². The molecule has 0 spiro atoms. The number of likely N-dealkylation sites (N-methyl/N-ethyl adjacent to an activating group) is 1. The first-order valence-corrected chi connectivity index (χ1v) is 8.34. The van der Waals surface area contributed by atoms with Crippen molar-refractivity contribution in [3.63, 3.8) is 0 Å². The van der Waals surface area contributed by atoms with Crippen LogP contribution in [0.1, 0.15) is 40.0 Å². The van der Waals surface area contributed by atoms with E-state index in [0.717, 1.165) is 31.5 Å². The Morgan fingerprint density at radius 1 is 1.36 bits per heavy atom. The lowest BCUT2D eigenvalue weighted by atomic mass is 10.1. The van der Waals surface area contributed by atoms with E-state index in [1.54, 1.807) is 0 Å². The number of nitrogens with zero attached hydrogens (tertiary/aromatic N) is 2. The highest BCUT2D eigenvalue weighted by molar-refractivity contribution is 5.96. The van der Waals surface area contributed by atoms with Crippen LogP contribution in [0.25, 0.3) is 0 Å². The molecule has 1 fully saturated rings. The number of hydrogen-bond donors (Lipinski definition) is 1.